The molecule has 0 radical (unpaired) electrons. The largest absolute Gasteiger partial charge is 0.330 e. The van der Waals surface area contributed by atoms with Gasteiger partial charge in [0.25, 0.3) is 0 Å². The number of benzene rings is 1. The number of hydrogen-bond acceptors (Lipinski definition) is 1. The van der Waals surface area contributed by atoms with Gasteiger partial charge < -0.3 is 5.73 Å². The second-order valence-electron chi connectivity index (χ2n) is 2.84. The fraction of sp³-hybridized carbons (Fsp3) is 0.600. The lowest BCUT2D eigenvalue weighted by Crippen LogP contribution is -2.02. The topological polar surface area (TPSA) is 26.0 Å². The monoisotopic (exact) mass is 303 g/mol. The summed E-state index contributed by atoms with van der Waals surface area (Å²) in [4.78, 5) is 0. The van der Waals surface area contributed by atoms with E-state index in [0.29, 0.717) is 6.54 Å². The Morgan fingerprint density at radius 2 is 1.41 bits per heavy atom. The molecule has 17 heavy (non-hydrogen) atoms. The van der Waals surface area contributed by atoms with Crippen molar-refractivity contribution < 1.29 is 0 Å². The van der Waals surface area contributed by atoms with Gasteiger partial charge in [-0.1, -0.05) is 82.1 Å². The summed E-state index contributed by atoms with van der Waals surface area (Å²) in [7, 11) is 0. The van der Waals surface area contributed by atoms with Gasteiger partial charge in [-0.15, -0.1) is 0 Å². The fourth-order valence-corrected chi connectivity index (χ4v) is 1.34. The molecule has 1 aromatic carbocycles. The zero-order valence-electron chi connectivity index (χ0n) is 12.4. The zero-order valence-corrected chi connectivity index (χ0v) is 14.0. The molecule has 0 spiro atoms. The summed E-state index contributed by atoms with van der Waals surface area (Å²) in [6.45, 7) is 13.0. The molecule has 2 N–H and O–H groups in total. The molecular formula is C15H30BrN. The minimum absolute atomic E-state index is 0.711. The minimum atomic E-state index is 0.711. The first-order valence-electron chi connectivity index (χ1n) is 6.69. The van der Waals surface area contributed by atoms with Crippen LogP contribution in [0.3, 0.4) is 0 Å². The van der Waals surface area contributed by atoms with Crippen LogP contribution < -0.4 is 5.73 Å². The molecule has 0 aliphatic carbocycles. The third-order valence-electron chi connectivity index (χ3n) is 1.37. The third kappa shape index (κ3) is 15.7. The van der Waals surface area contributed by atoms with Crippen molar-refractivity contribution in [3.05, 3.63) is 34.3 Å². The molecule has 2 heteroatoms. The van der Waals surface area contributed by atoms with Gasteiger partial charge in [-0.3, -0.25) is 0 Å². The van der Waals surface area contributed by atoms with E-state index in [1.807, 2.05) is 45.9 Å². The standard InChI is InChI=1S/C8H10BrN.C3H8.2C2H6/c9-8-4-2-1-3-7(8)5-6-10;1-3-2;2*1-2/h1-4H,5-6,10H2;3H2,1-2H3;2*1-2H3. The number of halogens is 1. The minimum Gasteiger partial charge on any atom is -0.330 e. The van der Waals surface area contributed by atoms with Crippen LogP contribution in [0.15, 0.2) is 28.7 Å². The average Bonchev–Trinajstić information content (AvgIpc) is 2.38. The van der Waals surface area contributed by atoms with Crippen molar-refractivity contribution in [3.8, 4) is 0 Å². The maximum absolute atomic E-state index is 5.41. The lowest BCUT2D eigenvalue weighted by Gasteiger charge is -1.99. The predicted molar refractivity (Wildman–Crippen MR) is 85.6 cm³/mol. The van der Waals surface area contributed by atoms with Crippen LogP contribution in [-0.2, 0) is 6.42 Å². The van der Waals surface area contributed by atoms with Crippen molar-refractivity contribution >= 4 is 15.9 Å². The lowest BCUT2D eigenvalue weighted by molar-refractivity contribution is 0.963. The van der Waals surface area contributed by atoms with E-state index in [9.17, 15) is 0 Å². The van der Waals surface area contributed by atoms with Crippen LogP contribution in [0.5, 0.6) is 0 Å². The smallest absolute Gasteiger partial charge is 0.0207 e. The summed E-state index contributed by atoms with van der Waals surface area (Å²) in [6, 6.07) is 8.14. The maximum atomic E-state index is 5.41. The second-order valence-corrected chi connectivity index (χ2v) is 3.69. The van der Waals surface area contributed by atoms with E-state index in [1.54, 1.807) is 0 Å². The molecule has 0 amide bonds. The predicted octanol–water partition coefficient (Wildman–Crippen LogP) is 5.42. The first kappa shape index (κ1) is 21.9. The van der Waals surface area contributed by atoms with Crippen molar-refractivity contribution in [3.63, 3.8) is 0 Å². The molecule has 0 bridgehead atoms. The lowest BCUT2D eigenvalue weighted by atomic mass is 10.2. The van der Waals surface area contributed by atoms with Gasteiger partial charge in [0, 0.05) is 4.47 Å². The fourth-order valence-electron chi connectivity index (χ4n) is 0.857. The number of nitrogens with two attached hydrogens (primary N) is 1. The summed E-state index contributed by atoms with van der Waals surface area (Å²) < 4.78 is 1.15. The van der Waals surface area contributed by atoms with E-state index in [0.717, 1.165) is 10.9 Å². The number of hydrogen-bond donors (Lipinski definition) is 1. The Morgan fingerprint density at radius 1 is 1.00 bits per heavy atom. The van der Waals surface area contributed by atoms with E-state index in [1.165, 1.54) is 12.0 Å². The van der Waals surface area contributed by atoms with Crippen molar-refractivity contribution in [2.24, 2.45) is 5.73 Å². The molecule has 0 heterocycles. The molecule has 102 valence electrons. The van der Waals surface area contributed by atoms with Gasteiger partial charge in [-0.05, 0) is 24.6 Å². The van der Waals surface area contributed by atoms with Crippen LogP contribution in [-0.4, -0.2) is 6.54 Å². The van der Waals surface area contributed by atoms with E-state index >= 15 is 0 Å². The Labute approximate surface area is 117 Å². The Morgan fingerprint density at radius 3 is 1.76 bits per heavy atom. The summed E-state index contributed by atoms with van der Waals surface area (Å²) in [5, 5.41) is 0. The first-order chi connectivity index (χ1) is 8.26. The first-order valence-corrected chi connectivity index (χ1v) is 7.49. The highest BCUT2D eigenvalue weighted by molar-refractivity contribution is 9.10. The van der Waals surface area contributed by atoms with Gasteiger partial charge in [0.1, 0.15) is 0 Å². The molecule has 1 nitrogen and oxygen atoms in total. The highest BCUT2D eigenvalue weighted by Crippen LogP contribution is 2.15. The van der Waals surface area contributed by atoms with Crippen LogP contribution in [0.2, 0.25) is 0 Å². The van der Waals surface area contributed by atoms with Crippen LogP contribution in [0.25, 0.3) is 0 Å². The third-order valence-corrected chi connectivity index (χ3v) is 2.15. The maximum Gasteiger partial charge on any atom is 0.0207 e. The van der Waals surface area contributed by atoms with Gasteiger partial charge in [-0.2, -0.15) is 0 Å². The normalized spacial score (nSPS) is 7.53. The Bertz CT molecular complexity index is 224. The van der Waals surface area contributed by atoms with Crippen molar-refractivity contribution in [1.82, 2.24) is 0 Å². The van der Waals surface area contributed by atoms with Crippen LogP contribution in [0.4, 0.5) is 0 Å². The molecule has 0 atom stereocenters. The van der Waals surface area contributed by atoms with Crippen molar-refractivity contribution in [1.29, 1.82) is 0 Å². The Hall–Kier alpha value is -0.340. The van der Waals surface area contributed by atoms with Crippen LogP contribution in [0, 0.1) is 0 Å². The molecule has 0 aliphatic rings. The highest BCUT2D eigenvalue weighted by Gasteiger charge is 1.94. The van der Waals surface area contributed by atoms with E-state index in [2.05, 4.69) is 35.8 Å². The van der Waals surface area contributed by atoms with E-state index < -0.39 is 0 Å². The molecule has 1 aromatic rings. The van der Waals surface area contributed by atoms with Gasteiger partial charge >= 0.3 is 0 Å². The Kier molecular flexibility index (Phi) is 27.0. The van der Waals surface area contributed by atoms with E-state index in [4.69, 9.17) is 5.73 Å². The quantitative estimate of drug-likeness (QED) is 0.775. The number of rotatable bonds is 2. The summed E-state index contributed by atoms with van der Waals surface area (Å²) in [5.41, 5.74) is 6.69. The Balaban J connectivity index is -0.000000239. The summed E-state index contributed by atoms with van der Waals surface area (Å²) >= 11 is 3.44. The molecular weight excluding hydrogens is 274 g/mol. The molecule has 0 saturated carbocycles. The van der Waals surface area contributed by atoms with E-state index in [-0.39, 0.29) is 0 Å². The van der Waals surface area contributed by atoms with Crippen LogP contribution in [0.1, 0.15) is 53.5 Å². The molecule has 0 aliphatic heterocycles. The van der Waals surface area contributed by atoms with Gasteiger partial charge in [0.05, 0.1) is 0 Å². The molecule has 0 saturated heterocycles. The SMILES string of the molecule is CC.CC.CCC.NCCc1ccccc1Br. The van der Waals surface area contributed by atoms with Crippen molar-refractivity contribution in [2.45, 2.75) is 54.4 Å². The van der Waals surface area contributed by atoms with Gasteiger partial charge in [0.15, 0.2) is 0 Å². The molecule has 1 rings (SSSR count). The molecule has 0 fully saturated rings. The molecule has 0 aromatic heterocycles. The van der Waals surface area contributed by atoms with Crippen LogP contribution >= 0.6 is 15.9 Å². The van der Waals surface area contributed by atoms with Crippen molar-refractivity contribution in [2.75, 3.05) is 6.54 Å². The average molecular weight is 304 g/mol. The molecule has 0 unspecified atom stereocenters. The highest BCUT2D eigenvalue weighted by atomic mass is 79.9. The van der Waals surface area contributed by atoms with Gasteiger partial charge in [-0.25, -0.2) is 0 Å². The zero-order chi connectivity index (χ0) is 14.1. The summed E-state index contributed by atoms with van der Waals surface area (Å²) in [6.07, 6.45) is 2.20. The summed E-state index contributed by atoms with van der Waals surface area (Å²) in [5.74, 6) is 0. The van der Waals surface area contributed by atoms with Gasteiger partial charge in [0.2, 0.25) is 0 Å². The second kappa shape index (κ2) is 21.0.